The molecular formula is C20H27N3O3. The van der Waals surface area contributed by atoms with Gasteiger partial charge in [0, 0.05) is 49.2 Å². The summed E-state index contributed by atoms with van der Waals surface area (Å²) < 4.78 is 13.3. The van der Waals surface area contributed by atoms with Crippen molar-refractivity contribution in [2.24, 2.45) is 13.0 Å². The zero-order chi connectivity index (χ0) is 18.4. The molecule has 6 heteroatoms. The van der Waals surface area contributed by atoms with Crippen LogP contribution in [0.2, 0.25) is 0 Å². The summed E-state index contributed by atoms with van der Waals surface area (Å²) >= 11 is 0. The van der Waals surface area contributed by atoms with Gasteiger partial charge in [0.25, 0.3) is 5.91 Å². The van der Waals surface area contributed by atoms with Crippen LogP contribution >= 0.6 is 0 Å². The van der Waals surface area contributed by atoms with E-state index >= 15 is 0 Å². The molecule has 1 aromatic heterocycles. The van der Waals surface area contributed by atoms with Crippen molar-refractivity contribution in [1.82, 2.24) is 14.4 Å². The van der Waals surface area contributed by atoms with Gasteiger partial charge in [-0.1, -0.05) is 0 Å². The molecule has 0 unspecified atom stereocenters. The van der Waals surface area contributed by atoms with Crippen LogP contribution in [0.4, 0.5) is 0 Å². The molecule has 2 atom stereocenters. The lowest BCUT2D eigenvalue weighted by Crippen LogP contribution is -2.46. The fourth-order valence-electron chi connectivity index (χ4n) is 4.42. The predicted molar refractivity (Wildman–Crippen MR) is 101 cm³/mol. The van der Waals surface area contributed by atoms with E-state index in [4.69, 9.17) is 9.47 Å². The van der Waals surface area contributed by atoms with Gasteiger partial charge in [-0.15, -0.1) is 0 Å². The number of aryl methyl sites for hydroxylation is 1. The first-order chi connectivity index (χ1) is 12.5. The number of methoxy groups -OCH3 is 1. The Labute approximate surface area is 154 Å². The highest BCUT2D eigenvalue weighted by Gasteiger charge is 2.36. The normalized spacial score (nSPS) is 23.9. The molecular weight excluding hydrogens is 330 g/mol. The number of ether oxygens (including phenoxy) is 2. The van der Waals surface area contributed by atoms with E-state index in [-0.39, 0.29) is 11.9 Å². The van der Waals surface area contributed by atoms with Crippen LogP contribution in [0.15, 0.2) is 18.2 Å². The molecule has 2 aliphatic heterocycles. The Balaban J connectivity index is 1.79. The predicted octanol–water partition coefficient (Wildman–Crippen LogP) is 1.90. The summed E-state index contributed by atoms with van der Waals surface area (Å²) in [6, 6.07) is 6.04. The molecule has 0 saturated carbocycles. The van der Waals surface area contributed by atoms with Crippen molar-refractivity contribution in [2.45, 2.75) is 13.0 Å². The third-order valence-corrected chi connectivity index (χ3v) is 5.83. The van der Waals surface area contributed by atoms with E-state index < -0.39 is 0 Å². The molecule has 0 N–H and O–H groups in total. The van der Waals surface area contributed by atoms with Gasteiger partial charge in [0.05, 0.1) is 31.9 Å². The number of carbonyl (C=O) groups excluding carboxylic acids is 1. The Bertz CT molecular complexity index is 844. The molecule has 0 radical (unpaired) electrons. The molecule has 26 heavy (non-hydrogen) atoms. The number of hydrogen-bond donors (Lipinski definition) is 0. The Morgan fingerprint density at radius 1 is 1.19 bits per heavy atom. The summed E-state index contributed by atoms with van der Waals surface area (Å²) in [7, 11) is 5.80. The van der Waals surface area contributed by atoms with Crippen LogP contribution in [0.3, 0.4) is 0 Å². The van der Waals surface area contributed by atoms with E-state index in [1.54, 1.807) is 7.11 Å². The molecule has 6 nitrogen and oxygen atoms in total. The fourth-order valence-corrected chi connectivity index (χ4v) is 4.42. The number of likely N-dealkylation sites (N-methyl/N-ethyl adjacent to an activating group) is 1. The molecule has 0 spiro atoms. The summed E-state index contributed by atoms with van der Waals surface area (Å²) in [6.45, 7) is 5.95. The number of fused-ring (bicyclic) bond motifs is 4. The van der Waals surface area contributed by atoms with Gasteiger partial charge in [-0.05, 0) is 32.2 Å². The summed E-state index contributed by atoms with van der Waals surface area (Å²) in [5.41, 5.74) is 2.83. The number of hydrogen-bond acceptors (Lipinski definition) is 4. The first-order valence-corrected chi connectivity index (χ1v) is 9.20. The summed E-state index contributed by atoms with van der Waals surface area (Å²) in [4.78, 5) is 18.0. The van der Waals surface area contributed by atoms with Crippen LogP contribution in [-0.4, -0.2) is 73.3 Å². The molecule has 3 heterocycles. The minimum absolute atomic E-state index is 0.0975. The minimum atomic E-state index is 0.0975. The van der Waals surface area contributed by atoms with Crippen molar-refractivity contribution in [3.05, 3.63) is 29.5 Å². The minimum Gasteiger partial charge on any atom is -0.497 e. The first-order valence-electron chi connectivity index (χ1n) is 9.20. The second kappa shape index (κ2) is 6.59. The van der Waals surface area contributed by atoms with Gasteiger partial charge in [-0.25, -0.2) is 0 Å². The Hall–Kier alpha value is -2.05. The highest BCUT2D eigenvalue weighted by Crippen LogP contribution is 2.31. The van der Waals surface area contributed by atoms with Crippen molar-refractivity contribution >= 4 is 16.8 Å². The number of rotatable bonds is 2. The van der Waals surface area contributed by atoms with Crippen LogP contribution < -0.4 is 4.74 Å². The molecule has 2 aliphatic rings. The van der Waals surface area contributed by atoms with Gasteiger partial charge in [0.2, 0.25) is 0 Å². The monoisotopic (exact) mass is 357 g/mol. The van der Waals surface area contributed by atoms with Crippen molar-refractivity contribution in [3.63, 3.8) is 0 Å². The topological polar surface area (TPSA) is 46.9 Å². The molecule has 1 aromatic carbocycles. The summed E-state index contributed by atoms with van der Waals surface area (Å²) in [5.74, 6) is 1.24. The maximum Gasteiger partial charge on any atom is 0.256 e. The summed E-state index contributed by atoms with van der Waals surface area (Å²) in [5, 5.41) is 0.961. The van der Waals surface area contributed by atoms with E-state index in [1.807, 2.05) is 37.1 Å². The largest absolute Gasteiger partial charge is 0.497 e. The number of benzene rings is 1. The maximum absolute atomic E-state index is 13.6. The van der Waals surface area contributed by atoms with Gasteiger partial charge in [0.1, 0.15) is 5.75 Å². The Morgan fingerprint density at radius 2 is 2.00 bits per heavy atom. The zero-order valence-electron chi connectivity index (χ0n) is 16.0. The van der Waals surface area contributed by atoms with Crippen molar-refractivity contribution in [2.75, 3.05) is 47.0 Å². The molecule has 1 amide bonds. The van der Waals surface area contributed by atoms with E-state index in [1.165, 1.54) is 0 Å². The Kier molecular flexibility index (Phi) is 4.40. The molecule has 0 aliphatic carbocycles. The molecule has 2 bridgehead atoms. The maximum atomic E-state index is 13.6. The van der Waals surface area contributed by atoms with Gasteiger partial charge in [-0.3, -0.25) is 4.79 Å². The van der Waals surface area contributed by atoms with Crippen molar-refractivity contribution < 1.29 is 14.3 Å². The number of nitrogens with zero attached hydrogens (tertiary/aromatic N) is 3. The lowest BCUT2D eigenvalue weighted by atomic mass is 10.1. The van der Waals surface area contributed by atoms with Crippen LogP contribution in [0, 0.1) is 12.8 Å². The van der Waals surface area contributed by atoms with Gasteiger partial charge < -0.3 is 23.8 Å². The van der Waals surface area contributed by atoms with E-state index in [0.717, 1.165) is 54.2 Å². The van der Waals surface area contributed by atoms with Gasteiger partial charge in [-0.2, -0.15) is 0 Å². The molecule has 4 rings (SSSR count). The summed E-state index contributed by atoms with van der Waals surface area (Å²) in [6.07, 6.45) is 0. The second-order valence-corrected chi connectivity index (χ2v) is 7.64. The molecule has 2 aromatic rings. The SMILES string of the molecule is COc1ccc2c(c1)c(C(=O)N1C[C@H]3COC[C@@H]1CN(C)C3)c(C)n2C. The van der Waals surface area contributed by atoms with Crippen molar-refractivity contribution in [3.8, 4) is 5.75 Å². The average molecular weight is 357 g/mol. The van der Waals surface area contributed by atoms with Crippen molar-refractivity contribution in [1.29, 1.82) is 0 Å². The standard InChI is InChI=1S/C20H27N3O3/c1-13-19(17-7-16(25-4)5-6-18(17)22(13)3)20(24)23-9-14-8-21(2)10-15(23)12-26-11-14/h5-7,14-15H,8-12H2,1-4H3/t14-,15-/m0/s1. The third-order valence-electron chi connectivity index (χ3n) is 5.83. The van der Waals surface area contributed by atoms with E-state index in [2.05, 4.69) is 16.5 Å². The molecule has 2 saturated heterocycles. The average Bonchev–Trinajstić information content (AvgIpc) is 2.77. The third kappa shape index (κ3) is 2.77. The highest BCUT2D eigenvalue weighted by atomic mass is 16.5. The zero-order valence-corrected chi connectivity index (χ0v) is 16.0. The van der Waals surface area contributed by atoms with Crippen LogP contribution in [0.25, 0.3) is 10.9 Å². The Morgan fingerprint density at radius 3 is 2.77 bits per heavy atom. The number of amides is 1. The first kappa shape index (κ1) is 17.4. The molecule has 2 fully saturated rings. The fraction of sp³-hybridized carbons (Fsp3) is 0.550. The van der Waals surface area contributed by atoms with E-state index in [0.29, 0.717) is 12.5 Å². The van der Waals surface area contributed by atoms with E-state index in [9.17, 15) is 4.79 Å². The van der Waals surface area contributed by atoms with Crippen LogP contribution in [-0.2, 0) is 11.8 Å². The number of carbonyl (C=O) groups is 1. The van der Waals surface area contributed by atoms with Gasteiger partial charge >= 0.3 is 0 Å². The lowest BCUT2D eigenvalue weighted by molar-refractivity contribution is 0.0484. The number of aromatic nitrogens is 1. The van der Waals surface area contributed by atoms with Crippen LogP contribution in [0.1, 0.15) is 16.1 Å². The smallest absolute Gasteiger partial charge is 0.256 e. The lowest BCUT2D eigenvalue weighted by Gasteiger charge is -2.30. The van der Waals surface area contributed by atoms with Crippen LogP contribution in [0.5, 0.6) is 5.75 Å². The van der Waals surface area contributed by atoms with Gasteiger partial charge in [0.15, 0.2) is 0 Å². The molecule has 140 valence electrons. The highest BCUT2D eigenvalue weighted by molar-refractivity contribution is 6.09. The quantitative estimate of drug-likeness (QED) is 0.824. The second-order valence-electron chi connectivity index (χ2n) is 7.64.